The normalized spacial score (nSPS) is 25.7. The van der Waals surface area contributed by atoms with E-state index in [0.29, 0.717) is 12.8 Å². The van der Waals surface area contributed by atoms with Gasteiger partial charge >= 0.3 is 0 Å². The molecule has 1 rings (SSSR count). The molecular formula is C7H14FNO3S. The van der Waals surface area contributed by atoms with Gasteiger partial charge in [0, 0.05) is 0 Å². The fraction of sp³-hybridized carbons (Fsp3) is 1.00. The van der Waals surface area contributed by atoms with E-state index in [1.807, 2.05) is 0 Å². The average Bonchev–Trinajstić information content (AvgIpc) is 2.04. The first kappa shape index (κ1) is 10.9. The zero-order chi connectivity index (χ0) is 9.90. The molecule has 0 aromatic carbocycles. The molecule has 6 heteroatoms. The van der Waals surface area contributed by atoms with Gasteiger partial charge in [0.25, 0.3) is 0 Å². The van der Waals surface area contributed by atoms with Crippen molar-refractivity contribution in [3.05, 3.63) is 0 Å². The maximum atomic E-state index is 13.1. The van der Waals surface area contributed by atoms with Crippen LogP contribution in [0.4, 0.5) is 4.39 Å². The molecule has 1 saturated heterocycles. The van der Waals surface area contributed by atoms with Crippen LogP contribution in [-0.4, -0.2) is 32.7 Å². The number of nitrogens with two attached hydrogens (primary N) is 1. The monoisotopic (exact) mass is 211 g/mol. The summed E-state index contributed by atoms with van der Waals surface area (Å²) < 4.78 is 35.1. The molecule has 0 aromatic rings. The van der Waals surface area contributed by atoms with Crippen LogP contribution < -0.4 is 5.90 Å². The van der Waals surface area contributed by atoms with Gasteiger partial charge < -0.3 is 4.84 Å². The summed E-state index contributed by atoms with van der Waals surface area (Å²) in [6.07, 6.45) is -0.375. The fourth-order valence-electron chi connectivity index (χ4n) is 1.50. The zero-order valence-electron chi connectivity index (χ0n) is 7.28. The summed E-state index contributed by atoms with van der Waals surface area (Å²) in [5.74, 6) is 4.69. The number of alkyl halides is 1. The highest BCUT2D eigenvalue weighted by molar-refractivity contribution is 7.91. The van der Waals surface area contributed by atoms with Gasteiger partial charge in [0.1, 0.15) is 16.0 Å². The third-order valence-electron chi connectivity index (χ3n) is 2.37. The number of rotatable bonds is 3. The molecule has 0 saturated carbocycles. The van der Waals surface area contributed by atoms with Gasteiger partial charge in [-0.1, -0.05) is 0 Å². The second kappa shape index (κ2) is 4.34. The Morgan fingerprint density at radius 1 is 1.46 bits per heavy atom. The van der Waals surface area contributed by atoms with Gasteiger partial charge in [-0.3, -0.25) is 0 Å². The van der Waals surface area contributed by atoms with Gasteiger partial charge in [-0.2, -0.15) is 0 Å². The number of halogens is 1. The van der Waals surface area contributed by atoms with Gasteiger partial charge in [0.05, 0.1) is 18.1 Å². The smallest absolute Gasteiger partial charge is 0.150 e. The third kappa shape index (κ3) is 3.21. The Kier molecular flexibility index (Phi) is 3.63. The average molecular weight is 211 g/mol. The molecule has 1 aliphatic rings. The molecule has 2 N–H and O–H groups in total. The molecule has 0 aliphatic carbocycles. The Morgan fingerprint density at radius 3 is 2.46 bits per heavy atom. The van der Waals surface area contributed by atoms with Crippen LogP contribution in [0.1, 0.15) is 12.8 Å². The highest BCUT2D eigenvalue weighted by atomic mass is 32.2. The van der Waals surface area contributed by atoms with Gasteiger partial charge in [-0.25, -0.2) is 18.7 Å². The predicted octanol–water partition coefficient (Wildman–Crippen LogP) is 0.0396. The molecule has 0 aromatic heterocycles. The number of sulfone groups is 1. The number of hydrogen-bond donors (Lipinski definition) is 1. The van der Waals surface area contributed by atoms with Crippen molar-refractivity contribution in [1.29, 1.82) is 0 Å². The molecule has 0 bridgehead atoms. The summed E-state index contributed by atoms with van der Waals surface area (Å²) in [6, 6.07) is 0. The van der Waals surface area contributed by atoms with Crippen LogP contribution in [0.3, 0.4) is 0 Å². The van der Waals surface area contributed by atoms with Gasteiger partial charge in [0.2, 0.25) is 0 Å². The quantitative estimate of drug-likeness (QED) is 0.669. The van der Waals surface area contributed by atoms with E-state index in [9.17, 15) is 12.8 Å². The van der Waals surface area contributed by atoms with Crippen molar-refractivity contribution in [3.8, 4) is 0 Å². The minimum Gasteiger partial charge on any atom is -0.302 e. The van der Waals surface area contributed by atoms with E-state index in [1.165, 1.54) is 0 Å². The molecule has 1 atom stereocenters. The van der Waals surface area contributed by atoms with E-state index in [4.69, 9.17) is 5.90 Å². The topological polar surface area (TPSA) is 69.4 Å². The standard InChI is InChI=1S/C7H14FNO3S/c8-7(5-12-9)6-1-3-13(10,11)4-2-6/h6-7H,1-5,9H2. The van der Waals surface area contributed by atoms with Crippen molar-refractivity contribution < 1.29 is 17.6 Å². The molecule has 0 amide bonds. The second-order valence-corrected chi connectivity index (χ2v) is 5.64. The lowest BCUT2D eigenvalue weighted by Gasteiger charge is -2.24. The SMILES string of the molecule is NOCC(F)C1CCS(=O)(=O)CC1. The lowest BCUT2D eigenvalue weighted by Crippen LogP contribution is -2.31. The summed E-state index contributed by atoms with van der Waals surface area (Å²) in [5.41, 5.74) is 0. The van der Waals surface area contributed by atoms with E-state index in [-0.39, 0.29) is 24.0 Å². The Hall–Kier alpha value is -0.200. The predicted molar refractivity (Wildman–Crippen MR) is 46.4 cm³/mol. The Labute approximate surface area is 77.1 Å². The molecule has 1 fully saturated rings. The summed E-state index contributed by atoms with van der Waals surface area (Å²) >= 11 is 0. The first-order chi connectivity index (χ1) is 6.05. The molecule has 4 nitrogen and oxygen atoms in total. The molecular weight excluding hydrogens is 197 g/mol. The first-order valence-corrected chi connectivity index (χ1v) is 6.03. The molecule has 13 heavy (non-hydrogen) atoms. The maximum absolute atomic E-state index is 13.1. The lowest BCUT2D eigenvalue weighted by molar-refractivity contribution is 0.0518. The molecule has 1 heterocycles. The summed E-state index contributed by atoms with van der Waals surface area (Å²) in [5, 5.41) is 0. The van der Waals surface area contributed by atoms with Crippen molar-refractivity contribution >= 4 is 9.84 Å². The van der Waals surface area contributed by atoms with Crippen LogP contribution in [0.25, 0.3) is 0 Å². The van der Waals surface area contributed by atoms with Crippen molar-refractivity contribution in [2.45, 2.75) is 19.0 Å². The highest BCUT2D eigenvalue weighted by Crippen LogP contribution is 2.23. The van der Waals surface area contributed by atoms with Gasteiger partial charge in [-0.15, -0.1) is 0 Å². The van der Waals surface area contributed by atoms with Crippen molar-refractivity contribution in [2.75, 3.05) is 18.1 Å². The number of hydrogen-bond acceptors (Lipinski definition) is 4. The summed E-state index contributed by atoms with van der Waals surface area (Å²) in [4.78, 5) is 4.18. The van der Waals surface area contributed by atoms with E-state index in [0.717, 1.165) is 0 Å². The van der Waals surface area contributed by atoms with E-state index >= 15 is 0 Å². The van der Waals surface area contributed by atoms with Gasteiger partial charge in [-0.05, 0) is 18.8 Å². The van der Waals surface area contributed by atoms with Crippen LogP contribution in [0, 0.1) is 5.92 Å². The lowest BCUT2D eigenvalue weighted by atomic mass is 9.98. The van der Waals surface area contributed by atoms with Crippen molar-refractivity contribution in [1.82, 2.24) is 0 Å². The van der Waals surface area contributed by atoms with Crippen LogP contribution in [-0.2, 0) is 14.7 Å². The van der Waals surface area contributed by atoms with Crippen molar-refractivity contribution in [3.63, 3.8) is 0 Å². The third-order valence-corrected chi connectivity index (χ3v) is 4.08. The Bertz CT molecular complexity index is 240. The second-order valence-electron chi connectivity index (χ2n) is 3.34. The molecule has 0 spiro atoms. The van der Waals surface area contributed by atoms with Crippen LogP contribution in [0.15, 0.2) is 0 Å². The van der Waals surface area contributed by atoms with E-state index in [2.05, 4.69) is 4.84 Å². The molecule has 1 unspecified atom stereocenters. The maximum Gasteiger partial charge on any atom is 0.150 e. The zero-order valence-corrected chi connectivity index (χ0v) is 8.10. The van der Waals surface area contributed by atoms with Gasteiger partial charge in [0.15, 0.2) is 0 Å². The largest absolute Gasteiger partial charge is 0.302 e. The fourth-order valence-corrected chi connectivity index (χ4v) is 3.03. The highest BCUT2D eigenvalue weighted by Gasteiger charge is 2.29. The van der Waals surface area contributed by atoms with Crippen LogP contribution in [0.5, 0.6) is 0 Å². The molecule has 78 valence electrons. The van der Waals surface area contributed by atoms with E-state index < -0.39 is 16.0 Å². The Morgan fingerprint density at radius 2 is 2.00 bits per heavy atom. The molecule has 0 radical (unpaired) electrons. The minimum atomic E-state index is -2.90. The van der Waals surface area contributed by atoms with Crippen LogP contribution >= 0.6 is 0 Å². The Balaban J connectivity index is 2.40. The molecule has 1 aliphatic heterocycles. The first-order valence-electron chi connectivity index (χ1n) is 4.21. The van der Waals surface area contributed by atoms with Crippen molar-refractivity contribution in [2.24, 2.45) is 11.8 Å². The van der Waals surface area contributed by atoms with E-state index in [1.54, 1.807) is 0 Å². The summed E-state index contributed by atoms with van der Waals surface area (Å²) in [7, 11) is -2.90. The minimum absolute atomic E-state index is 0.0860. The van der Waals surface area contributed by atoms with Crippen LogP contribution in [0.2, 0.25) is 0 Å². The summed E-state index contributed by atoms with van der Waals surface area (Å²) in [6.45, 7) is -0.148.